The van der Waals surface area contributed by atoms with Crippen LogP contribution in [0.15, 0.2) is 0 Å². The van der Waals surface area contributed by atoms with Crippen LogP contribution in [0, 0.1) is 11.3 Å². The van der Waals surface area contributed by atoms with Crippen molar-refractivity contribution in [2.45, 2.75) is 33.6 Å². The van der Waals surface area contributed by atoms with E-state index in [2.05, 4.69) is 0 Å². The molecule has 0 saturated heterocycles. The molecule has 62 valence electrons. The average molecular weight is 154 g/mol. The summed E-state index contributed by atoms with van der Waals surface area (Å²) in [4.78, 5) is 22.5. The zero-order chi connectivity index (χ0) is 8.65. The van der Waals surface area contributed by atoms with E-state index in [4.69, 9.17) is 0 Å². The summed E-state index contributed by atoms with van der Waals surface area (Å²) in [7, 11) is 0. The Morgan fingerprint density at radius 1 is 1.27 bits per heavy atom. The highest BCUT2D eigenvalue weighted by Gasteiger charge is 2.40. The van der Waals surface area contributed by atoms with Crippen molar-refractivity contribution in [2.24, 2.45) is 11.3 Å². The highest BCUT2D eigenvalue weighted by molar-refractivity contribution is 5.98. The maximum Gasteiger partial charge on any atom is 0.139 e. The van der Waals surface area contributed by atoms with E-state index in [-0.39, 0.29) is 17.5 Å². The summed E-state index contributed by atoms with van der Waals surface area (Å²) in [6.45, 7) is 5.56. The molecular formula is C9H14O2. The third-order valence-corrected chi connectivity index (χ3v) is 2.88. The first kappa shape index (κ1) is 8.44. The second-order valence-electron chi connectivity index (χ2n) is 3.83. The maximum absolute atomic E-state index is 11.3. The molecule has 1 rings (SSSR count). The molecular weight excluding hydrogens is 140 g/mol. The summed E-state index contributed by atoms with van der Waals surface area (Å²) in [6, 6.07) is 0. The number of ketones is 2. The lowest BCUT2D eigenvalue weighted by Gasteiger charge is -2.33. The third kappa shape index (κ3) is 1.22. The number of rotatable bonds is 0. The minimum absolute atomic E-state index is 0.0938. The van der Waals surface area contributed by atoms with Crippen LogP contribution >= 0.6 is 0 Å². The maximum atomic E-state index is 11.3. The molecule has 0 aromatic carbocycles. The molecule has 1 aliphatic carbocycles. The number of carbonyl (C=O) groups excluding carboxylic acids is 2. The van der Waals surface area contributed by atoms with Crippen LogP contribution in [0.2, 0.25) is 0 Å². The smallest absolute Gasteiger partial charge is 0.139 e. The Morgan fingerprint density at radius 2 is 1.82 bits per heavy atom. The predicted octanol–water partition coefficient (Wildman–Crippen LogP) is 1.58. The van der Waals surface area contributed by atoms with Gasteiger partial charge in [0.05, 0.1) is 0 Å². The number of carbonyl (C=O) groups is 2. The standard InChI is InChI=1S/C9H14O2/c1-6-7(10)4-5-8(11)9(6,2)3/h6H,4-5H2,1-3H3. The van der Waals surface area contributed by atoms with Gasteiger partial charge in [-0.1, -0.05) is 20.8 Å². The summed E-state index contributed by atoms with van der Waals surface area (Å²) in [5.74, 6) is 0.364. The van der Waals surface area contributed by atoms with Gasteiger partial charge in [0.15, 0.2) is 0 Å². The largest absolute Gasteiger partial charge is 0.299 e. The van der Waals surface area contributed by atoms with Crippen molar-refractivity contribution in [2.75, 3.05) is 0 Å². The topological polar surface area (TPSA) is 34.1 Å². The van der Waals surface area contributed by atoms with Gasteiger partial charge in [0, 0.05) is 24.2 Å². The fourth-order valence-corrected chi connectivity index (χ4v) is 1.42. The Kier molecular flexibility index (Phi) is 1.87. The van der Waals surface area contributed by atoms with Crippen LogP contribution in [0.3, 0.4) is 0 Å². The van der Waals surface area contributed by atoms with E-state index in [0.717, 1.165) is 0 Å². The average Bonchev–Trinajstić information content (AvgIpc) is 1.95. The molecule has 0 aromatic heterocycles. The van der Waals surface area contributed by atoms with Crippen molar-refractivity contribution >= 4 is 11.6 Å². The van der Waals surface area contributed by atoms with E-state index in [1.165, 1.54) is 0 Å². The summed E-state index contributed by atoms with van der Waals surface area (Å²) >= 11 is 0. The predicted molar refractivity (Wildman–Crippen MR) is 42.2 cm³/mol. The van der Waals surface area contributed by atoms with Crippen LogP contribution in [0.5, 0.6) is 0 Å². The lowest BCUT2D eigenvalue weighted by Crippen LogP contribution is -2.40. The molecule has 2 nitrogen and oxygen atoms in total. The van der Waals surface area contributed by atoms with Crippen LogP contribution in [-0.2, 0) is 9.59 Å². The molecule has 0 radical (unpaired) electrons. The van der Waals surface area contributed by atoms with Crippen molar-refractivity contribution < 1.29 is 9.59 Å². The minimum atomic E-state index is -0.421. The molecule has 0 heterocycles. The van der Waals surface area contributed by atoms with Gasteiger partial charge in [-0.05, 0) is 0 Å². The van der Waals surface area contributed by atoms with Crippen LogP contribution in [0.4, 0.5) is 0 Å². The molecule has 2 heteroatoms. The molecule has 1 fully saturated rings. The molecule has 1 aliphatic rings. The molecule has 0 spiro atoms. The van der Waals surface area contributed by atoms with Gasteiger partial charge in [0.1, 0.15) is 11.6 Å². The normalized spacial score (nSPS) is 30.6. The summed E-state index contributed by atoms with van der Waals surface area (Å²) in [5, 5.41) is 0. The van der Waals surface area contributed by atoms with Gasteiger partial charge in [-0.25, -0.2) is 0 Å². The summed E-state index contributed by atoms with van der Waals surface area (Å²) in [6.07, 6.45) is 0.888. The van der Waals surface area contributed by atoms with E-state index in [0.29, 0.717) is 12.8 Å². The zero-order valence-electron chi connectivity index (χ0n) is 7.31. The van der Waals surface area contributed by atoms with Gasteiger partial charge in [-0.3, -0.25) is 9.59 Å². The molecule has 0 bridgehead atoms. The second kappa shape index (κ2) is 2.43. The van der Waals surface area contributed by atoms with Crippen molar-refractivity contribution in [1.29, 1.82) is 0 Å². The first-order valence-electron chi connectivity index (χ1n) is 4.02. The summed E-state index contributed by atoms with van der Waals surface area (Å²) < 4.78 is 0. The lowest BCUT2D eigenvalue weighted by atomic mass is 9.68. The van der Waals surface area contributed by atoms with Gasteiger partial charge in [0.25, 0.3) is 0 Å². The van der Waals surface area contributed by atoms with Crippen LogP contribution in [-0.4, -0.2) is 11.6 Å². The zero-order valence-corrected chi connectivity index (χ0v) is 7.31. The van der Waals surface area contributed by atoms with E-state index >= 15 is 0 Å². The highest BCUT2D eigenvalue weighted by atomic mass is 16.1. The van der Waals surface area contributed by atoms with Gasteiger partial charge in [-0.2, -0.15) is 0 Å². The molecule has 0 aliphatic heterocycles. The second-order valence-corrected chi connectivity index (χ2v) is 3.83. The molecule has 0 N–H and O–H groups in total. The Hall–Kier alpha value is -0.660. The van der Waals surface area contributed by atoms with Gasteiger partial charge >= 0.3 is 0 Å². The molecule has 0 aromatic rings. The first-order valence-corrected chi connectivity index (χ1v) is 4.02. The van der Waals surface area contributed by atoms with E-state index in [9.17, 15) is 9.59 Å². The Bertz CT molecular complexity index is 204. The minimum Gasteiger partial charge on any atom is -0.299 e. The fourth-order valence-electron chi connectivity index (χ4n) is 1.42. The molecule has 1 saturated carbocycles. The highest BCUT2D eigenvalue weighted by Crippen LogP contribution is 2.35. The fraction of sp³-hybridized carbons (Fsp3) is 0.778. The Labute approximate surface area is 67.0 Å². The lowest BCUT2D eigenvalue weighted by molar-refractivity contribution is -0.142. The third-order valence-electron chi connectivity index (χ3n) is 2.88. The van der Waals surface area contributed by atoms with Gasteiger partial charge < -0.3 is 0 Å². The Balaban J connectivity index is 2.89. The Morgan fingerprint density at radius 3 is 2.27 bits per heavy atom. The van der Waals surface area contributed by atoms with Crippen molar-refractivity contribution in [3.63, 3.8) is 0 Å². The van der Waals surface area contributed by atoms with E-state index in [1.807, 2.05) is 20.8 Å². The van der Waals surface area contributed by atoms with Crippen molar-refractivity contribution in [1.82, 2.24) is 0 Å². The molecule has 0 amide bonds. The molecule has 1 unspecified atom stereocenters. The number of Topliss-reactive ketones (excluding diaryl/α,β-unsaturated/α-hetero) is 2. The van der Waals surface area contributed by atoms with Crippen LogP contribution in [0.25, 0.3) is 0 Å². The van der Waals surface area contributed by atoms with E-state index in [1.54, 1.807) is 0 Å². The van der Waals surface area contributed by atoms with Crippen LogP contribution in [0.1, 0.15) is 33.6 Å². The quantitative estimate of drug-likeness (QED) is 0.531. The van der Waals surface area contributed by atoms with Gasteiger partial charge in [0.2, 0.25) is 0 Å². The molecule has 11 heavy (non-hydrogen) atoms. The first-order chi connectivity index (χ1) is 4.96. The van der Waals surface area contributed by atoms with Crippen molar-refractivity contribution in [3.8, 4) is 0 Å². The van der Waals surface area contributed by atoms with E-state index < -0.39 is 5.41 Å². The summed E-state index contributed by atoms with van der Waals surface area (Å²) in [5.41, 5.74) is -0.421. The van der Waals surface area contributed by atoms with Crippen LogP contribution < -0.4 is 0 Å². The van der Waals surface area contributed by atoms with Crippen molar-refractivity contribution in [3.05, 3.63) is 0 Å². The SMILES string of the molecule is CC1C(=O)CCC(=O)C1(C)C. The van der Waals surface area contributed by atoms with Gasteiger partial charge in [-0.15, -0.1) is 0 Å². The molecule has 1 atom stereocenters. The number of hydrogen-bond acceptors (Lipinski definition) is 2. The monoisotopic (exact) mass is 154 g/mol. The number of hydrogen-bond donors (Lipinski definition) is 0.